The Hall–Kier alpha value is -2.67. The summed E-state index contributed by atoms with van der Waals surface area (Å²) in [6, 6.07) is 14.0. The predicted molar refractivity (Wildman–Crippen MR) is 121 cm³/mol. The molecule has 0 radical (unpaired) electrons. The van der Waals surface area contributed by atoms with E-state index in [0.717, 1.165) is 34.1 Å². The number of carbonyl (C=O) groups is 1. The summed E-state index contributed by atoms with van der Waals surface area (Å²) in [6.45, 7) is 2.56. The molecule has 0 bridgehead atoms. The fraction of sp³-hybridized carbons (Fsp3) is 0.375. The van der Waals surface area contributed by atoms with E-state index in [1.54, 1.807) is 17.0 Å². The van der Waals surface area contributed by atoms with Crippen molar-refractivity contribution >= 4 is 26.6 Å². The van der Waals surface area contributed by atoms with Gasteiger partial charge in [-0.15, -0.1) is 0 Å². The van der Waals surface area contributed by atoms with Crippen molar-refractivity contribution < 1.29 is 17.6 Å². The van der Waals surface area contributed by atoms with Crippen molar-refractivity contribution in [1.29, 1.82) is 0 Å². The number of hydrogen-bond donors (Lipinski definition) is 1. The normalized spacial score (nSPS) is 17.8. The van der Waals surface area contributed by atoms with Gasteiger partial charge in [-0.2, -0.15) is 0 Å². The van der Waals surface area contributed by atoms with Crippen molar-refractivity contribution in [3.8, 4) is 11.3 Å². The number of sulfone groups is 1. The first kappa shape index (κ1) is 21.6. The highest BCUT2D eigenvalue weighted by molar-refractivity contribution is 7.91. The van der Waals surface area contributed by atoms with Gasteiger partial charge in [0.05, 0.1) is 11.5 Å². The van der Waals surface area contributed by atoms with Gasteiger partial charge in [-0.1, -0.05) is 25.1 Å². The lowest BCUT2D eigenvalue weighted by atomic mass is 10.0. The highest BCUT2D eigenvalue weighted by Crippen LogP contribution is 2.32. The number of carbonyl (C=O) groups excluding carboxylic acids is 1. The minimum atomic E-state index is -3.06. The number of hydrogen-bond acceptors (Lipinski definition) is 3. The number of para-hydroxylation sites is 1. The van der Waals surface area contributed by atoms with E-state index in [0.29, 0.717) is 25.8 Å². The summed E-state index contributed by atoms with van der Waals surface area (Å²) in [5.74, 6) is -0.0905. The second-order valence-corrected chi connectivity index (χ2v) is 10.4. The molecule has 1 fully saturated rings. The number of amides is 1. The van der Waals surface area contributed by atoms with Crippen LogP contribution in [-0.2, 0) is 21.1 Å². The van der Waals surface area contributed by atoms with Gasteiger partial charge in [-0.25, -0.2) is 12.8 Å². The maximum Gasteiger partial charge on any atom is 0.223 e. The van der Waals surface area contributed by atoms with Crippen LogP contribution in [0.5, 0.6) is 0 Å². The van der Waals surface area contributed by atoms with E-state index in [2.05, 4.69) is 4.98 Å². The molecule has 3 aromatic rings. The molecule has 0 saturated carbocycles. The van der Waals surface area contributed by atoms with Crippen LogP contribution in [0.4, 0.5) is 4.39 Å². The van der Waals surface area contributed by atoms with Gasteiger partial charge in [0.25, 0.3) is 0 Å². The molecule has 1 aliphatic rings. The second-order valence-electron chi connectivity index (χ2n) is 8.18. The second kappa shape index (κ2) is 8.83. The number of fused-ring (bicyclic) bond motifs is 1. The van der Waals surface area contributed by atoms with E-state index < -0.39 is 9.84 Å². The molecule has 1 atom stereocenters. The maximum absolute atomic E-state index is 13.4. The molecule has 1 saturated heterocycles. The van der Waals surface area contributed by atoms with E-state index >= 15 is 0 Å². The zero-order chi connectivity index (χ0) is 22.0. The Morgan fingerprint density at radius 3 is 2.58 bits per heavy atom. The van der Waals surface area contributed by atoms with Crippen LogP contribution in [0.2, 0.25) is 0 Å². The zero-order valence-electron chi connectivity index (χ0n) is 17.6. The van der Waals surface area contributed by atoms with Gasteiger partial charge in [-0.05, 0) is 60.7 Å². The number of H-pyrrole nitrogens is 1. The molecule has 4 rings (SSSR count). The molecule has 1 aliphatic heterocycles. The molecule has 1 aromatic heterocycles. The molecule has 7 heteroatoms. The number of aromatic nitrogens is 1. The Bertz CT molecular complexity index is 1190. The van der Waals surface area contributed by atoms with Crippen molar-refractivity contribution in [2.24, 2.45) is 0 Å². The topological polar surface area (TPSA) is 70.2 Å². The van der Waals surface area contributed by atoms with Crippen molar-refractivity contribution in [3.63, 3.8) is 0 Å². The number of rotatable bonds is 7. The molecular weight excluding hydrogens is 415 g/mol. The van der Waals surface area contributed by atoms with Crippen molar-refractivity contribution in [1.82, 2.24) is 9.88 Å². The molecule has 164 valence electrons. The van der Waals surface area contributed by atoms with Gasteiger partial charge in [0.2, 0.25) is 5.91 Å². The Labute approximate surface area is 182 Å². The first-order valence-electron chi connectivity index (χ1n) is 10.7. The summed E-state index contributed by atoms with van der Waals surface area (Å²) < 4.78 is 37.3. The van der Waals surface area contributed by atoms with Crippen molar-refractivity contribution in [3.05, 3.63) is 59.9 Å². The van der Waals surface area contributed by atoms with Crippen LogP contribution in [0, 0.1) is 5.82 Å². The van der Waals surface area contributed by atoms with Crippen molar-refractivity contribution in [2.45, 2.75) is 38.6 Å². The van der Waals surface area contributed by atoms with Crippen LogP contribution >= 0.6 is 0 Å². The Morgan fingerprint density at radius 2 is 1.90 bits per heavy atom. The highest BCUT2D eigenvalue weighted by Gasteiger charge is 2.34. The monoisotopic (exact) mass is 442 g/mol. The molecule has 0 spiro atoms. The number of halogens is 1. The third-order valence-electron chi connectivity index (χ3n) is 5.97. The number of nitrogens with one attached hydrogen (secondary N) is 1. The lowest BCUT2D eigenvalue weighted by Crippen LogP contribution is -2.41. The number of aryl methyl sites for hydroxylation is 1. The third-order valence-corrected chi connectivity index (χ3v) is 7.72. The summed E-state index contributed by atoms with van der Waals surface area (Å²) in [6.07, 6.45) is 2.13. The van der Waals surface area contributed by atoms with E-state index in [4.69, 9.17) is 0 Å². The molecule has 1 amide bonds. The number of aromatic amines is 1. The Morgan fingerprint density at radius 1 is 1.16 bits per heavy atom. The van der Waals surface area contributed by atoms with E-state index in [9.17, 15) is 17.6 Å². The van der Waals surface area contributed by atoms with Gasteiger partial charge >= 0.3 is 0 Å². The smallest absolute Gasteiger partial charge is 0.223 e. The highest BCUT2D eigenvalue weighted by atomic mass is 32.2. The fourth-order valence-corrected chi connectivity index (χ4v) is 6.20. The molecule has 2 aromatic carbocycles. The SMILES string of the molecule is CCCN(C(=O)CCc1c(-c2ccc(F)cc2)[nH]c2ccccc12)C1CCS(=O)(=O)C1. The van der Waals surface area contributed by atoms with E-state index in [1.807, 2.05) is 31.2 Å². The van der Waals surface area contributed by atoms with Gasteiger partial charge in [-0.3, -0.25) is 4.79 Å². The minimum absolute atomic E-state index is 0.0145. The largest absolute Gasteiger partial charge is 0.354 e. The van der Waals surface area contributed by atoms with E-state index in [-0.39, 0.29) is 29.3 Å². The lowest BCUT2D eigenvalue weighted by Gasteiger charge is -2.28. The average molecular weight is 443 g/mol. The molecular formula is C24H27FN2O3S. The summed E-state index contributed by atoms with van der Waals surface area (Å²) >= 11 is 0. The quantitative estimate of drug-likeness (QED) is 0.592. The van der Waals surface area contributed by atoms with Crippen LogP contribution in [-0.4, -0.2) is 48.3 Å². The zero-order valence-corrected chi connectivity index (χ0v) is 18.4. The summed E-state index contributed by atoms with van der Waals surface area (Å²) in [7, 11) is -3.06. The fourth-order valence-electron chi connectivity index (χ4n) is 4.47. The number of nitrogens with zero attached hydrogens (tertiary/aromatic N) is 1. The molecule has 2 heterocycles. The molecule has 0 aliphatic carbocycles. The summed E-state index contributed by atoms with van der Waals surface area (Å²) in [5, 5.41) is 1.04. The lowest BCUT2D eigenvalue weighted by molar-refractivity contribution is -0.133. The van der Waals surface area contributed by atoms with Gasteiger partial charge < -0.3 is 9.88 Å². The van der Waals surface area contributed by atoms with Crippen LogP contribution in [0.1, 0.15) is 31.7 Å². The van der Waals surface area contributed by atoms with Gasteiger partial charge in [0.1, 0.15) is 5.82 Å². The Kier molecular flexibility index (Phi) is 6.14. The Balaban J connectivity index is 1.59. The number of benzene rings is 2. The van der Waals surface area contributed by atoms with Crippen LogP contribution in [0.3, 0.4) is 0 Å². The minimum Gasteiger partial charge on any atom is -0.354 e. The maximum atomic E-state index is 13.4. The summed E-state index contributed by atoms with van der Waals surface area (Å²) in [4.78, 5) is 18.3. The van der Waals surface area contributed by atoms with E-state index in [1.165, 1.54) is 12.1 Å². The molecule has 1 unspecified atom stereocenters. The standard InChI is InChI=1S/C24H27FN2O3S/c1-2-14-27(19-13-15-31(29,30)16-19)23(28)12-11-21-20-5-3-4-6-22(20)26-24(21)17-7-9-18(25)10-8-17/h3-10,19,26H,2,11-16H2,1H3. The van der Waals surface area contributed by atoms with Crippen LogP contribution in [0.25, 0.3) is 22.2 Å². The predicted octanol–water partition coefficient (Wildman–Crippen LogP) is 4.33. The molecule has 31 heavy (non-hydrogen) atoms. The van der Waals surface area contributed by atoms with Gasteiger partial charge in [0.15, 0.2) is 9.84 Å². The molecule has 5 nitrogen and oxygen atoms in total. The average Bonchev–Trinajstić information content (AvgIpc) is 3.30. The van der Waals surface area contributed by atoms with Crippen molar-refractivity contribution in [2.75, 3.05) is 18.1 Å². The summed E-state index contributed by atoms with van der Waals surface area (Å²) in [5.41, 5.74) is 3.74. The van der Waals surface area contributed by atoms with Crippen LogP contribution < -0.4 is 0 Å². The first-order chi connectivity index (χ1) is 14.9. The third kappa shape index (κ3) is 4.66. The van der Waals surface area contributed by atoms with Gasteiger partial charge in [0, 0.05) is 35.6 Å². The molecule has 1 N–H and O–H groups in total. The van der Waals surface area contributed by atoms with Crippen LogP contribution in [0.15, 0.2) is 48.5 Å². The first-order valence-corrected chi connectivity index (χ1v) is 12.6.